The summed E-state index contributed by atoms with van der Waals surface area (Å²) in [5.74, 6) is 0. The van der Waals surface area contributed by atoms with Crippen LogP contribution in [0.1, 0.15) is 49.9 Å². The Morgan fingerprint density at radius 1 is 0.286 bits per heavy atom. The lowest BCUT2D eigenvalue weighted by atomic mass is 9.81. The highest BCUT2D eigenvalue weighted by Gasteiger charge is 2.37. The van der Waals surface area contributed by atoms with Crippen molar-refractivity contribution in [2.24, 2.45) is 0 Å². The monoisotopic (exact) mass is 805 g/mol. The smallest absolute Gasteiger partial charge is 0.0546 e. The molecular formula is C62H47N. The Morgan fingerprint density at radius 2 is 0.714 bits per heavy atom. The number of hydrogen-bond donors (Lipinski definition) is 0. The molecule has 10 aromatic rings. The van der Waals surface area contributed by atoms with E-state index in [9.17, 15) is 0 Å². The topological polar surface area (TPSA) is 3.24 Å². The average Bonchev–Trinajstić information content (AvgIpc) is 3.70. The van der Waals surface area contributed by atoms with Gasteiger partial charge in [0.2, 0.25) is 0 Å². The molecule has 12 rings (SSSR count). The highest BCUT2D eigenvalue weighted by Crippen LogP contribution is 2.53. The molecule has 0 N–H and O–H groups in total. The van der Waals surface area contributed by atoms with E-state index in [1.807, 2.05) is 0 Å². The van der Waals surface area contributed by atoms with Crippen LogP contribution in [0, 0.1) is 0 Å². The molecule has 0 spiro atoms. The molecule has 0 aromatic heterocycles. The van der Waals surface area contributed by atoms with Crippen LogP contribution in [-0.2, 0) is 10.8 Å². The van der Waals surface area contributed by atoms with E-state index in [1.165, 1.54) is 105 Å². The lowest BCUT2D eigenvalue weighted by molar-refractivity contribution is 0.660. The minimum Gasteiger partial charge on any atom is -0.310 e. The molecule has 0 aliphatic heterocycles. The van der Waals surface area contributed by atoms with Crippen LogP contribution in [0.15, 0.2) is 212 Å². The summed E-state index contributed by atoms with van der Waals surface area (Å²) >= 11 is 0. The lowest BCUT2D eigenvalue weighted by Gasteiger charge is -2.29. The number of benzene rings is 10. The second-order valence-electron chi connectivity index (χ2n) is 18.5. The molecule has 0 heterocycles. The summed E-state index contributed by atoms with van der Waals surface area (Å²) in [7, 11) is 0. The van der Waals surface area contributed by atoms with E-state index in [0.29, 0.717) is 0 Å². The first kappa shape index (κ1) is 37.3. The molecule has 1 nitrogen and oxygen atoms in total. The maximum absolute atomic E-state index is 2.49. The van der Waals surface area contributed by atoms with Crippen molar-refractivity contribution in [3.8, 4) is 55.6 Å². The predicted molar refractivity (Wildman–Crippen MR) is 268 cm³/mol. The van der Waals surface area contributed by atoms with Gasteiger partial charge in [-0.1, -0.05) is 198 Å². The zero-order valence-corrected chi connectivity index (χ0v) is 36.2. The summed E-state index contributed by atoms with van der Waals surface area (Å²) in [5.41, 5.74) is 21.4. The van der Waals surface area contributed by atoms with E-state index in [4.69, 9.17) is 0 Å². The first-order valence-corrected chi connectivity index (χ1v) is 22.2. The molecule has 0 saturated carbocycles. The quantitative estimate of drug-likeness (QED) is 0.151. The molecule has 1 heteroatoms. The molecule has 63 heavy (non-hydrogen) atoms. The molecule has 10 aromatic carbocycles. The Balaban J connectivity index is 0.960. The van der Waals surface area contributed by atoms with Crippen LogP contribution < -0.4 is 4.90 Å². The maximum atomic E-state index is 2.49. The molecule has 0 radical (unpaired) electrons. The Hall–Kier alpha value is -7.48. The van der Waals surface area contributed by atoms with E-state index in [1.54, 1.807) is 0 Å². The molecule has 0 atom stereocenters. The van der Waals surface area contributed by atoms with Gasteiger partial charge in [-0.25, -0.2) is 0 Å². The minimum atomic E-state index is -0.206. The highest BCUT2D eigenvalue weighted by atomic mass is 15.1. The largest absolute Gasteiger partial charge is 0.310 e. The average molecular weight is 806 g/mol. The Labute approximate surface area is 370 Å². The molecule has 0 bridgehead atoms. The van der Waals surface area contributed by atoms with Crippen molar-refractivity contribution in [1.29, 1.82) is 0 Å². The number of nitrogens with zero attached hydrogens (tertiary/aromatic N) is 1. The van der Waals surface area contributed by atoms with Crippen LogP contribution in [0.5, 0.6) is 0 Å². The second-order valence-corrected chi connectivity index (χ2v) is 18.5. The standard InChI is InChI=1S/C62H47N/c1-61(2)56-21-13-12-19-51(56)52-33-28-45(36-57(52)61)43-26-30-47(31-27-43)63(60-38-46-16-8-9-17-49(46)50-18-10-11-20-55(50)60)48-32-35-54-53-34-29-44(37-58(53)62(3,4)59(54)39-48)42-24-22-41(23-25-42)40-14-6-5-7-15-40/h5-39H,1-4H3. The van der Waals surface area contributed by atoms with Crippen molar-refractivity contribution in [2.45, 2.75) is 38.5 Å². The SMILES string of the molecule is CC1(C)c2ccccc2-c2ccc(-c3ccc(N(c4ccc5c(c4)C(C)(C)c4cc(-c6ccc(-c7ccccc7)cc6)ccc4-5)c4cc5ccccc5c5ccccc45)cc3)cc21. The molecular weight excluding hydrogens is 759 g/mol. The highest BCUT2D eigenvalue weighted by molar-refractivity contribution is 6.14. The zero-order valence-electron chi connectivity index (χ0n) is 36.2. The van der Waals surface area contributed by atoms with Gasteiger partial charge < -0.3 is 4.90 Å². The van der Waals surface area contributed by atoms with Crippen LogP contribution in [0.3, 0.4) is 0 Å². The third-order valence-corrected chi connectivity index (χ3v) is 14.3. The van der Waals surface area contributed by atoms with Crippen LogP contribution in [0.25, 0.3) is 77.2 Å². The summed E-state index contributed by atoms with van der Waals surface area (Å²) in [6.45, 7) is 9.50. The Kier molecular flexibility index (Phi) is 8.30. The Morgan fingerprint density at radius 3 is 1.38 bits per heavy atom. The van der Waals surface area contributed by atoms with Crippen molar-refractivity contribution in [1.82, 2.24) is 0 Å². The van der Waals surface area contributed by atoms with Gasteiger partial charge in [0.05, 0.1) is 5.69 Å². The number of rotatable bonds is 6. The van der Waals surface area contributed by atoms with Gasteiger partial charge in [-0.05, 0) is 137 Å². The second kappa shape index (κ2) is 14.0. The predicted octanol–water partition coefficient (Wildman–Crippen LogP) is 17.1. The van der Waals surface area contributed by atoms with Crippen LogP contribution in [-0.4, -0.2) is 0 Å². The van der Waals surface area contributed by atoms with E-state index in [-0.39, 0.29) is 10.8 Å². The van der Waals surface area contributed by atoms with Crippen molar-refractivity contribution in [3.63, 3.8) is 0 Å². The summed E-state index contributed by atoms with van der Waals surface area (Å²) in [6.07, 6.45) is 0. The summed E-state index contributed by atoms with van der Waals surface area (Å²) in [6, 6.07) is 79.1. The number of anilines is 3. The van der Waals surface area contributed by atoms with E-state index in [2.05, 4.69) is 245 Å². The summed E-state index contributed by atoms with van der Waals surface area (Å²) in [4.78, 5) is 2.49. The van der Waals surface area contributed by atoms with Crippen molar-refractivity contribution in [2.75, 3.05) is 4.90 Å². The number of hydrogen-bond acceptors (Lipinski definition) is 1. The maximum Gasteiger partial charge on any atom is 0.0546 e. The molecule has 0 fully saturated rings. The molecule has 0 amide bonds. The van der Waals surface area contributed by atoms with Gasteiger partial charge in [0.25, 0.3) is 0 Å². The fourth-order valence-electron chi connectivity index (χ4n) is 10.9. The minimum absolute atomic E-state index is 0.0491. The number of fused-ring (bicyclic) bond motifs is 9. The van der Waals surface area contributed by atoms with Crippen LogP contribution in [0.2, 0.25) is 0 Å². The molecule has 300 valence electrons. The van der Waals surface area contributed by atoms with Gasteiger partial charge in [-0.15, -0.1) is 0 Å². The first-order chi connectivity index (χ1) is 30.7. The molecule has 2 aliphatic carbocycles. The normalized spacial score (nSPS) is 14.0. The summed E-state index contributed by atoms with van der Waals surface area (Å²) in [5, 5.41) is 4.98. The van der Waals surface area contributed by atoms with Crippen molar-refractivity contribution < 1.29 is 0 Å². The zero-order chi connectivity index (χ0) is 42.5. The Bertz CT molecular complexity index is 3420. The third kappa shape index (κ3) is 5.84. The first-order valence-electron chi connectivity index (χ1n) is 22.2. The van der Waals surface area contributed by atoms with Gasteiger partial charge in [-0.2, -0.15) is 0 Å². The fraction of sp³-hybridized carbons (Fsp3) is 0.0968. The van der Waals surface area contributed by atoms with Gasteiger partial charge in [-0.3, -0.25) is 0 Å². The van der Waals surface area contributed by atoms with Crippen molar-refractivity contribution in [3.05, 3.63) is 235 Å². The van der Waals surface area contributed by atoms with Gasteiger partial charge in [0.15, 0.2) is 0 Å². The molecule has 2 aliphatic rings. The molecule has 0 saturated heterocycles. The van der Waals surface area contributed by atoms with Gasteiger partial charge >= 0.3 is 0 Å². The third-order valence-electron chi connectivity index (χ3n) is 14.3. The lowest BCUT2D eigenvalue weighted by Crippen LogP contribution is -2.17. The van der Waals surface area contributed by atoms with Gasteiger partial charge in [0.1, 0.15) is 0 Å². The van der Waals surface area contributed by atoms with Crippen LogP contribution >= 0.6 is 0 Å². The molecule has 0 unspecified atom stereocenters. The summed E-state index contributed by atoms with van der Waals surface area (Å²) < 4.78 is 0. The van der Waals surface area contributed by atoms with E-state index < -0.39 is 0 Å². The van der Waals surface area contributed by atoms with E-state index in [0.717, 1.165) is 11.4 Å². The fourth-order valence-corrected chi connectivity index (χ4v) is 10.9. The van der Waals surface area contributed by atoms with Crippen LogP contribution in [0.4, 0.5) is 17.1 Å². The van der Waals surface area contributed by atoms with Gasteiger partial charge in [0, 0.05) is 27.6 Å². The van der Waals surface area contributed by atoms with E-state index >= 15 is 0 Å². The van der Waals surface area contributed by atoms with Crippen molar-refractivity contribution >= 4 is 38.6 Å².